The van der Waals surface area contributed by atoms with E-state index in [9.17, 15) is 4.39 Å². The van der Waals surface area contributed by atoms with Gasteiger partial charge in [0.15, 0.2) is 5.82 Å². The lowest BCUT2D eigenvalue weighted by atomic mass is 10.3. The fourth-order valence-electron chi connectivity index (χ4n) is 0.727. The van der Waals surface area contributed by atoms with E-state index in [-0.39, 0.29) is 6.61 Å². The van der Waals surface area contributed by atoms with Crippen LogP contribution in [0.3, 0.4) is 0 Å². The molecule has 0 fully saturated rings. The van der Waals surface area contributed by atoms with Crippen molar-refractivity contribution in [2.45, 2.75) is 11.6 Å². The van der Waals surface area contributed by atoms with Crippen molar-refractivity contribution in [2.75, 3.05) is 6.26 Å². The molecule has 0 atom stereocenters. The van der Waals surface area contributed by atoms with Gasteiger partial charge < -0.3 is 5.11 Å². The highest BCUT2D eigenvalue weighted by molar-refractivity contribution is 7.98. The number of hydrogen-bond donors (Lipinski definition) is 1. The lowest BCUT2D eigenvalue weighted by Crippen LogP contribution is -1.93. The van der Waals surface area contributed by atoms with Crippen LogP contribution in [-0.2, 0) is 6.61 Å². The summed E-state index contributed by atoms with van der Waals surface area (Å²) in [6, 6.07) is 1.47. The first-order chi connectivity index (χ1) is 5.29. The monoisotopic (exact) mass is 173 g/mol. The molecule has 0 saturated heterocycles. The standard InChI is InChI=1S/C7H8FNOS/c1-11-7-6(8)5(4-10)2-3-9-7/h2-3,10H,4H2,1H3. The quantitative estimate of drug-likeness (QED) is 0.687. The molecule has 0 amide bonds. The third kappa shape index (κ3) is 1.70. The van der Waals surface area contributed by atoms with Crippen LogP contribution in [0.5, 0.6) is 0 Å². The Morgan fingerprint density at radius 1 is 1.73 bits per heavy atom. The van der Waals surface area contributed by atoms with Gasteiger partial charge in [-0.25, -0.2) is 9.37 Å². The third-order valence-corrected chi connectivity index (χ3v) is 1.97. The van der Waals surface area contributed by atoms with E-state index in [0.717, 1.165) is 0 Å². The second-order valence-corrected chi connectivity index (χ2v) is 2.75. The highest BCUT2D eigenvalue weighted by atomic mass is 32.2. The molecule has 1 aromatic heterocycles. The van der Waals surface area contributed by atoms with Gasteiger partial charge in [0, 0.05) is 11.8 Å². The van der Waals surface area contributed by atoms with Crippen molar-refractivity contribution < 1.29 is 9.50 Å². The molecule has 2 nitrogen and oxygen atoms in total. The summed E-state index contributed by atoms with van der Waals surface area (Å²) < 4.78 is 13.0. The van der Waals surface area contributed by atoms with Crippen molar-refractivity contribution in [3.63, 3.8) is 0 Å². The van der Waals surface area contributed by atoms with E-state index in [1.165, 1.54) is 24.0 Å². The van der Waals surface area contributed by atoms with E-state index >= 15 is 0 Å². The molecule has 1 N–H and O–H groups in total. The van der Waals surface area contributed by atoms with Crippen LogP contribution >= 0.6 is 11.8 Å². The van der Waals surface area contributed by atoms with Crippen molar-refractivity contribution in [2.24, 2.45) is 0 Å². The lowest BCUT2D eigenvalue weighted by molar-refractivity contribution is 0.274. The number of aromatic nitrogens is 1. The Morgan fingerprint density at radius 2 is 2.45 bits per heavy atom. The maximum Gasteiger partial charge on any atom is 0.160 e. The van der Waals surface area contributed by atoms with Gasteiger partial charge in [-0.1, -0.05) is 0 Å². The molecule has 0 aromatic carbocycles. The van der Waals surface area contributed by atoms with Crippen LogP contribution in [0.25, 0.3) is 0 Å². The topological polar surface area (TPSA) is 33.1 Å². The van der Waals surface area contributed by atoms with Gasteiger partial charge >= 0.3 is 0 Å². The molecule has 0 bridgehead atoms. The molecule has 1 rings (SSSR count). The minimum absolute atomic E-state index is 0.276. The predicted molar refractivity (Wildman–Crippen MR) is 41.9 cm³/mol. The maximum absolute atomic E-state index is 13.0. The van der Waals surface area contributed by atoms with E-state index < -0.39 is 5.82 Å². The highest BCUT2D eigenvalue weighted by Crippen LogP contribution is 2.18. The van der Waals surface area contributed by atoms with Crippen LogP contribution in [-0.4, -0.2) is 16.3 Å². The summed E-state index contributed by atoms with van der Waals surface area (Å²) in [5.74, 6) is -0.414. The summed E-state index contributed by atoms with van der Waals surface area (Å²) in [5.41, 5.74) is 0.296. The van der Waals surface area contributed by atoms with E-state index in [0.29, 0.717) is 10.6 Å². The number of aliphatic hydroxyl groups is 1. The molecule has 0 radical (unpaired) electrons. The van der Waals surface area contributed by atoms with Gasteiger partial charge in [0.2, 0.25) is 0 Å². The number of halogens is 1. The Bertz CT molecular complexity index is 232. The molecule has 0 unspecified atom stereocenters. The normalized spacial score (nSPS) is 10.1. The summed E-state index contributed by atoms with van der Waals surface area (Å²) in [7, 11) is 0. The number of hydrogen-bond acceptors (Lipinski definition) is 3. The Labute approximate surface area is 68.5 Å². The number of nitrogens with zero attached hydrogens (tertiary/aromatic N) is 1. The number of rotatable bonds is 2. The van der Waals surface area contributed by atoms with Gasteiger partial charge in [0.05, 0.1) is 6.61 Å². The summed E-state index contributed by atoms with van der Waals surface area (Å²) in [5, 5.41) is 8.99. The Kier molecular flexibility index (Phi) is 2.84. The summed E-state index contributed by atoms with van der Waals surface area (Å²) in [6.45, 7) is -0.276. The van der Waals surface area contributed by atoms with Crippen molar-refractivity contribution in [3.05, 3.63) is 23.6 Å². The summed E-state index contributed by atoms with van der Waals surface area (Å²) in [4.78, 5) is 3.78. The SMILES string of the molecule is CSc1nccc(CO)c1F. The second-order valence-electron chi connectivity index (χ2n) is 1.95. The molecule has 0 aliphatic carbocycles. The van der Waals surface area contributed by atoms with Gasteiger partial charge in [-0.3, -0.25) is 0 Å². The molecule has 1 aromatic rings. The third-order valence-electron chi connectivity index (χ3n) is 1.30. The van der Waals surface area contributed by atoms with E-state index in [1.54, 1.807) is 6.26 Å². The zero-order chi connectivity index (χ0) is 8.27. The van der Waals surface area contributed by atoms with Crippen LogP contribution in [0.1, 0.15) is 5.56 Å². The fourth-order valence-corrected chi connectivity index (χ4v) is 1.20. The fraction of sp³-hybridized carbons (Fsp3) is 0.286. The Morgan fingerprint density at radius 3 is 3.00 bits per heavy atom. The van der Waals surface area contributed by atoms with Crippen molar-refractivity contribution in [1.82, 2.24) is 4.98 Å². The van der Waals surface area contributed by atoms with E-state index in [1.807, 2.05) is 0 Å². The van der Waals surface area contributed by atoms with E-state index in [2.05, 4.69) is 4.98 Å². The molecular formula is C7H8FNOS. The van der Waals surface area contributed by atoms with Gasteiger partial charge in [0.1, 0.15) is 5.03 Å². The first-order valence-corrected chi connectivity index (χ1v) is 4.30. The van der Waals surface area contributed by atoms with Crippen LogP contribution in [0, 0.1) is 5.82 Å². The average molecular weight is 173 g/mol. The smallest absolute Gasteiger partial charge is 0.160 e. The molecule has 4 heteroatoms. The minimum atomic E-state index is -0.414. The van der Waals surface area contributed by atoms with Gasteiger partial charge in [-0.2, -0.15) is 0 Å². The Balaban J connectivity index is 3.10. The van der Waals surface area contributed by atoms with Crippen LogP contribution in [0.15, 0.2) is 17.3 Å². The van der Waals surface area contributed by atoms with Crippen LogP contribution in [0.2, 0.25) is 0 Å². The zero-order valence-electron chi connectivity index (χ0n) is 6.04. The number of aliphatic hydroxyl groups excluding tert-OH is 1. The van der Waals surface area contributed by atoms with Crippen LogP contribution < -0.4 is 0 Å². The summed E-state index contributed by atoms with van der Waals surface area (Å²) >= 11 is 1.23. The predicted octanol–water partition coefficient (Wildman–Crippen LogP) is 1.43. The van der Waals surface area contributed by atoms with Gasteiger partial charge in [-0.05, 0) is 12.3 Å². The molecule has 1 heterocycles. The zero-order valence-corrected chi connectivity index (χ0v) is 6.86. The van der Waals surface area contributed by atoms with Crippen molar-refractivity contribution in [3.8, 4) is 0 Å². The molecule has 0 saturated carbocycles. The largest absolute Gasteiger partial charge is 0.392 e. The van der Waals surface area contributed by atoms with Crippen LogP contribution in [0.4, 0.5) is 4.39 Å². The first-order valence-electron chi connectivity index (χ1n) is 3.07. The van der Waals surface area contributed by atoms with Gasteiger partial charge in [-0.15, -0.1) is 11.8 Å². The first kappa shape index (κ1) is 8.49. The minimum Gasteiger partial charge on any atom is -0.392 e. The van der Waals surface area contributed by atoms with Gasteiger partial charge in [0.25, 0.3) is 0 Å². The van der Waals surface area contributed by atoms with Crippen molar-refractivity contribution in [1.29, 1.82) is 0 Å². The average Bonchev–Trinajstić information content (AvgIpc) is 2.05. The van der Waals surface area contributed by atoms with E-state index in [4.69, 9.17) is 5.11 Å². The number of pyridine rings is 1. The molecule has 11 heavy (non-hydrogen) atoms. The molecule has 0 spiro atoms. The lowest BCUT2D eigenvalue weighted by Gasteiger charge is -2.01. The highest BCUT2D eigenvalue weighted by Gasteiger charge is 2.06. The molecule has 60 valence electrons. The molecule has 0 aliphatic rings. The molecular weight excluding hydrogens is 165 g/mol. The Hall–Kier alpha value is -0.610. The maximum atomic E-state index is 13.0. The molecule has 0 aliphatic heterocycles. The summed E-state index contributed by atoms with van der Waals surface area (Å²) in [6.07, 6.45) is 3.23. The number of thioether (sulfide) groups is 1. The second kappa shape index (κ2) is 3.69. The van der Waals surface area contributed by atoms with Crippen molar-refractivity contribution >= 4 is 11.8 Å².